The van der Waals surface area contributed by atoms with Crippen LogP contribution in [0.15, 0.2) is 0 Å². The third-order valence-corrected chi connectivity index (χ3v) is 5.97. The fraction of sp³-hybridized carbons (Fsp3) is 0.704. The number of halogens is 5. The van der Waals surface area contributed by atoms with Crippen molar-refractivity contribution >= 4 is 11.9 Å². The van der Waals surface area contributed by atoms with E-state index in [4.69, 9.17) is 4.74 Å². The van der Waals surface area contributed by atoms with Gasteiger partial charge in [0.25, 0.3) is 0 Å². The van der Waals surface area contributed by atoms with Gasteiger partial charge in [-0.15, -0.1) is 0 Å². The van der Waals surface area contributed by atoms with Crippen LogP contribution in [-0.4, -0.2) is 18.5 Å². The summed E-state index contributed by atoms with van der Waals surface area (Å²) in [6.07, 6.45) is 16.2. The molecule has 0 aliphatic rings. The lowest BCUT2D eigenvalue weighted by Crippen LogP contribution is -2.13. The van der Waals surface area contributed by atoms with Crippen LogP contribution in [0.2, 0.25) is 0 Å². The monoisotopic (exact) mass is 522 g/mol. The number of esters is 2. The van der Waals surface area contributed by atoms with Gasteiger partial charge in [0.15, 0.2) is 23.3 Å². The lowest BCUT2D eigenvalue weighted by Gasteiger charge is -2.09. The molecule has 0 aromatic heterocycles. The molecule has 0 amide bonds. The van der Waals surface area contributed by atoms with Gasteiger partial charge in [0.1, 0.15) is 6.61 Å². The first-order valence-corrected chi connectivity index (χ1v) is 13.1. The molecule has 4 nitrogen and oxygen atoms in total. The van der Waals surface area contributed by atoms with Gasteiger partial charge in [-0.2, -0.15) is 0 Å². The summed E-state index contributed by atoms with van der Waals surface area (Å²) in [5.41, 5.74) is -1.25. The van der Waals surface area contributed by atoms with Crippen LogP contribution in [0.3, 0.4) is 0 Å². The van der Waals surface area contributed by atoms with Crippen molar-refractivity contribution in [3.05, 3.63) is 34.6 Å². The minimum absolute atomic E-state index is 0.233. The lowest BCUT2D eigenvalue weighted by atomic mass is 10.0. The highest BCUT2D eigenvalue weighted by atomic mass is 19.2. The molecule has 1 rings (SSSR count). The number of carbonyl (C=O) groups excluding carboxylic acids is 2. The zero-order valence-corrected chi connectivity index (χ0v) is 21.3. The van der Waals surface area contributed by atoms with Crippen molar-refractivity contribution in [3.63, 3.8) is 0 Å². The van der Waals surface area contributed by atoms with E-state index in [-0.39, 0.29) is 13.0 Å². The molecule has 0 heterocycles. The van der Waals surface area contributed by atoms with Gasteiger partial charge in [-0.05, 0) is 6.42 Å². The highest BCUT2D eigenvalue weighted by Crippen LogP contribution is 2.23. The Morgan fingerprint density at radius 1 is 0.528 bits per heavy atom. The SMILES string of the molecule is CCCCCCCCCCCCCCCCOC(=O)CCC(=O)OCc1c(F)c(F)c(F)c(F)c1F. The Kier molecular flexibility index (Phi) is 16.8. The molecule has 0 aliphatic carbocycles. The molecule has 0 bridgehead atoms. The van der Waals surface area contributed by atoms with Gasteiger partial charge in [-0.3, -0.25) is 9.59 Å². The Bertz CT molecular complexity index is 772. The summed E-state index contributed by atoms with van der Waals surface area (Å²) < 4.78 is 76.0. The summed E-state index contributed by atoms with van der Waals surface area (Å²) in [6.45, 7) is 1.32. The Morgan fingerprint density at radius 3 is 1.33 bits per heavy atom. The molecular weight excluding hydrogens is 483 g/mol. The standard InChI is InChI=1S/C27H39F5O4/c1-2-3-4-5-6-7-8-9-10-11-12-13-14-15-18-35-21(33)16-17-22(34)36-19-20-23(28)25(30)27(32)26(31)24(20)29/h2-19H2,1H3. The fourth-order valence-electron chi connectivity index (χ4n) is 3.76. The molecule has 0 unspecified atom stereocenters. The Hall–Kier alpha value is -2.19. The van der Waals surface area contributed by atoms with Crippen molar-refractivity contribution < 1.29 is 41.0 Å². The van der Waals surface area contributed by atoms with Crippen LogP contribution in [0, 0.1) is 29.1 Å². The predicted octanol–water partition coefficient (Wildman–Crippen LogP) is 8.23. The average molecular weight is 523 g/mol. The molecule has 0 saturated heterocycles. The molecular formula is C27H39F5O4. The van der Waals surface area contributed by atoms with Crippen LogP contribution in [0.25, 0.3) is 0 Å². The highest BCUT2D eigenvalue weighted by Gasteiger charge is 2.26. The van der Waals surface area contributed by atoms with Crippen molar-refractivity contribution in [1.82, 2.24) is 0 Å². The first-order chi connectivity index (χ1) is 17.3. The van der Waals surface area contributed by atoms with Gasteiger partial charge in [0, 0.05) is 0 Å². The molecule has 36 heavy (non-hydrogen) atoms. The van der Waals surface area contributed by atoms with Crippen LogP contribution >= 0.6 is 0 Å². The minimum atomic E-state index is -2.29. The molecule has 0 atom stereocenters. The first kappa shape index (κ1) is 31.8. The number of unbranched alkanes of at least 4 members (excludes halogenated alkanes) is 13. The number of hydrogen-bond acceptors (Lipinski definition) is 4. The lowest BCUT2D eigenvalue weighted by molar-refractivity contribution is -0.151. The van der Waals surface area contributed by atoms with E-state index in [1.165, 1.54) is 64.2 Å². The number of rotatable bonds is 20. The molecule has 0 fully saturated rings. The van der Waals surface area contributed by atoms with Crippen LogP contribution < -0.4 is 0 Å². The van der Waals surface area contributed by atoms with E-state index in [2.05, 4.69) is 11.7 Å². The topological polar surface area (TPSA) is 52.6 Å². The summed E-state index contributed by atoms with van der Waals surface area (Å²) in [4.78, 5) is 23.4. The van der Waals surface area contributed by atoms with Crippen LogP contribution in [-0.2, 0) is 25.7 Å². The second kappa shape index (κ2) is 19.0. The van der Waals surface area contributed by atoms with Crippen LogP contribution in [0.5, 0.6) is 0 Å². The zero-order valence-electron chi connectivity index (χ0n) is 21.3. The smallest absolute Gasteiger partial charge is 0.306 e. The Labute approximate surface area is 210 Å². The van der Waals surface area contributed by atoms with E-state index in [0.717, 1.165) is 19.3 Å². The van der Waals surface area contributed by atoms with E-state index in [9.17, 15) is 31.5 Å². The average Bonchev–Trinajstić information content (AvgIpc) is 2.87. The maximum atomic E-state index is 13.6. The molecule has 1 aromatic carbocycles. The third-order valence-electron chi connectivity index (χ3n) is 5.97. The second-order valence-corrected chi connectivity index (χ2v) is 9.03. The normalized spacial score (nSPS) is 11.1. The second-order valence-electron chi connectivity index (χ2n) is 9.03. The van der Waals surface area contributed by atoms with Gasteiger partial charge in [0.2, 0.25) is 5.82 Å². The summed E-state index contributed by atoms with van der Waals surface area (Å²) in [5, 5.41) is 0. The Balaban J connectivity index is 2.02. The predicted molar refractivity (Wildman–Crippen MR) is 127 cm³/mol. The van der Waals surface area contributed by atoms with Gasteiger partial charge in [0.05, 0.1) is 25.0 Å². The van der Waals surface area contributed by atoms with Crippen molar-refractivity contribution in [2.45, 2.75) is 116 Å². The summed E-state index contributed by atoms with van der Waals surface area (Å²) in [6, 6.07) is 0. The van der Waals surface area contributed by atoms with Gasteiger partial charge in [-0.1, -0.05) is 90.4 Å². The molecule has 9 heteroatoms. The van der Waals surface area contributed by atoms with E-state index in [1.807, 2.05) is 0 Å². The fourth-order valence-corrected chi connectivity index (χ4v) is 3.76. The highest BCUT2D eigenvalue weighted by molar-refractivity contribution is 5.77. The van der Waals surface area contributed by atoms with Crippen LogP contribution in [0.4, 0.5) is 22.0 Å². The largest absolute Gasteiger partial charge is 0.466 e. The summed E-state index contributed by atoms with van der Waals surface area (Å²) in [7, 11) is 0. The van der Waals surface area contributed by atoms with Crippen LogP contribution in [0.1, 0.15) is 115 Å². The van der Waals surface area contributed by atoms with Gasteiger partial charge < -0.3 is 9.47 Å². The van der Waals surface area contributed by atoms with Gasteiger partial charge >= 0.3 is 11.9 Å². The number of ether oxygens (including phenoxy) is 2. The zero-order chi connectivity index (χ0) is 26.8. The van der Waals surface area contributed by atoms with Crippen molar-refractivity contribution in [1.29, 1.82) is 0 Å². The van der Waals surface area contributed by atoms with Crippen molar-refractivity contribution in [2.24, 2.45) is 0 Å². The van der Waals surface area contributed by atoms with Crippen molar-refractivity contribution in [2.75, 3.05) is 6.61 Å². The van der Waals surface area contributed by atoms with E-state index < -0.39 is 59.6 Å². The number of hydrogen-bond donors (Lipinski definition) is 0. The molecule has 206 valence electrons. The van der Waals surface area contributed by atoms with Gasteiger partial charge in [-0.25, -0.2) is 22.0 Å². The molecule has 0 radical (unpaired) electrons. The minimum Gasteiger partial charge on any atom is -0.466 e. The molecule has 1 aromatic rings. The third kappa shape index (κ3) is 12.7. The van der Waals surface area contributed by atoms with Crippen molar-refractivity contribution in [3.8, 4) is 0 Å². The maximum Gasteiger partial charge on any atom is 0.306 e. The van der Waals surface area contributed by atoms with E-state index in [0.29, 0.717) is 6.42 Å². The molecule has 0 N–H and O–H groups in total. The number of benzene rings is 1. The van der Waals surface area contributed by atoms with E-state index >= 15 is 0 Å². The quantitative estimate of drug-likeness (QED) is 0.0569. The molecule has 0 aliphatic heterocycles. The summed E-state index contributed by atoms with van der Waals surface area (Å²) in [5.74, 6) is -12.3. The number of carbonyl (C=O) groups is 2. The molecule has 0 saturated carbocycles. The summed E-state index contributed by atoms with van der Waals surface area (Å²) >= 11 is 0. The Morgan fingerprint density at radius 2 is 0.889 bits per heavy atom. The van der Waals surface area contributed by atoms with E-state index in [1.54, 1.807) is 0 Å². The molecule has 0 spiro atoms. The maximum absolute atomic E-state index is 13.6. The first-order valence-electron chi connectivity index (χ1n) is 13.1.